The van der Waals surface area contributed by atoms with E-state index in [1.165, 1.54) is 36.9 Å². The second kappa shape index (κ2) is 9.71. The molecule has 4 rings (SSSR count). The maximum Gasteiger partial charge on any atom is 0.191 e. The summed E-state index contributed by atoms with van der Waals surface area (Å²) in [6.07, 6.45) is 5.93. The number of hydrogen-bond acceptors (Lipinski definition) is 4. The van der Waals surface area contributed by atoms with Gasteiger partial charge in [-0.15, -0.1) is 10.2 Å². The maximum absolute atomic E-state index is 4.37. The monoisotopic (exact) mass is 405 g/mol. The molecule has 1 aromatic carbocycles. The largest absolute Gasteiger partial charge is 0.352 e. The standard InChI is InChI=1S/C23H31N7/c1-18-9-5-7-13-29(18)17-20-11-4-3-10-19(20)15-25-23(24-2)26-16-22-28-27-21-12-6-8-14-30(21)22/h3-4,6,8,10-12,14,18H,5,7,9,13,15-17H2,1-2H3,(H2,24,25,26). The minimum absolute atomic E-state index is 0.553. The van der Waals surface area contributed by atoms with Gasteiger partial charge < -0.3 is 10.6 Å². The third-order valence-corrected chi connectivity index (χ3v) is 5.90. The van der Waals surface area contributed by atoms with Crippen molar-refractivity contribution in [2.45, 2.75) is 51.9 Å². The van der Waals surface area contributed by atoms with Crippen molar-refractivity contribution >= 4 is 11.6 Å². The van der Waals surface area contributed by atoms with Crippen molar-refractivity contribution in [3.05, 3.63) is 65.6 Å². The highest BCUT2D eigenvalue weighted by Gasteiger charge is 2.19. The average molecular weight is 406 g/mol. The number of rotatable bonds is 6. The Morgan fingerprint density at radius 1 is 1.03 bits per heavy atom. The number of aromatic nitrogens is 3. The van der Waals surface area contributed by atoms with Gasteiger partial charge in [0.05, 0.1) is 6.54 Å². The molecule has 158 valence electrons. The predicted octanol–water partition coefficient (Wildman–Crippen LogP) is 2.97. The normalized spacial score (nSPS) is 17.9. The Morgan fingerprint density at radius 3 is 2.67 bits per heavy atom. The van der Waals surface area contributed by atoms with Crippen LogP contribution in [0.15, 0.2) is 53.7 Å². The first-order valence-corrected chi connectivity index (χ1v) is 10.8. The summed E-state index contributed by atoms with van der Waals surface area (Å²) >= 11 is 0. The second-order valence-electron chi connectivity index (χ2n) is 7.91. The van der Waals surface area contributed by atoms with Gasteiger partial charge in [-0.05, 0) is 49.6 Å². The predicted molar refractivity (Wildman–Crippen MR) is 120 cm³/mol. The van der Waals surface area contributed by atoms with E-state index in [9.17, 15) is 0 Å². The Labute approximate surface area is 178 Å². The van der Waals surface area contributed by atoms with Crippen LogP contribution in [0.25, 0.3) is 5.65 Å². The van der Waals surface area contributed by atoms with Crippen molar-refractivity contribution in [2.24, 2.45) is 4.99 Å². The quantitative estimate of drug-likeness (QED) is 0.487. The lowest BCUT2D eigenvalue weighted by molar-refractivity contribution is 0.152. The Morgan fingerprint density at radius 2 is 1.83 bits per heavy atom. The highest BCUT2D eigenvalue weighted by Crippen LogP contribution is 2.20. The molecule has 0 aliphatic carbocycles. The summed E-state index contributed by atoms with van der Waals surface area (Å²) in [6.45, 7) is 5.84. The molecule has 7 heteroatoms. The van der Waals surface area contributed by atoms with Crippen LogP contribution in [-0.4, -0.2) is 45.1 Å². The lowest BCUT2D eigenvalue weighted by atomic mass is 10.0. The van der Waals surface area contributed by atoms with Crippen molar-refractivity contribution < 1.29 is 0 Å². The van der Waals surface area contributed by atoms with Crippen LogP contribution >= 0.6 is 0 Å². The first-order chi connectivity index (χ1) is 14.7. The third kappa shape index (κ3) is 4.79. The number of likely N-dealkylation sites (tertiary alicyclic amines) is 1. The number of fused-ring (bicyclic) bond motifs is 1. The molecule has 0 spiro atoms. The molecule has 0 radical (unpaired) electrons. The first-order valence-electron chi connectivity index (χ1n) is 10.8. The van der Waals surface area contributed by atoms with Crippen molar-refractivity contribution in [3.63, 3.8) is 0 Å². The number of guanidine groups is 1. The van der Waals surface area contributed by atoms with E-state index < -0.39 is 0 Å². The summed E-state index contributed by atoms with van der Waals surface area (Å²) in [5.41, 5.74) is 3.54. The fourth-order valence-electron chi connectivity index (χ4n) is 4.07. The van der Waals surface area contributed by atoms with Crippen LogP contribution in [0.4, 0.5) is 0 Å². The number of benzene rings is 1. The van der Waals surface area contributed by atoms with Gasteiger partial charge in [0.2, 0.25) is 0 Å². The van der Waals surface area contributed by atoms with E-state index in [0.717, 1.165) is 30.5 Å². The average Bonchev–Trinajstić information content (AvgIpc) is 3.19. The molecule has 2 N–H and O–H groups in total. The lowest BCUT2D eigenvalue weighted by Crippen LogP contribution is -2.38. The fraction of sp³-hybridized carbons (Fsp3) is 0.435. The number of nitrogens with one attached hydrogen (secondary N) is 2. The van der Waals surface area contributed by atoms with Crippen molar-refractivity contribution in [1.82, 2.24) is 30.1 Å². The van der Waals surface area contributed by atoms with E-state index in [1.54, 1.807) is 7.05 Å². The molecule has 1 fully saturated rings. The molecule has 3 heterocycles. The molecule has 1 aliphatic heterocycles. The van der Waals surface area contributed by atoms with Gasteiger partial charge in [-0.3, -0.25) is 14.3 Å². The topological polar surface area (TPSA) is 69.8 Å². The smallest absolute Gasteiger partial charge is 0.191 e. The van der Waals surface area contributed by atoms with Gasteiger partial charge in [-0.1, -0.05) is 36.8 Å². The zero-order valence-electron chi connectivity index (χ0n) is 17.9. The lowest BCUT2D eigenvalue weighted by Gasteiger charge is -2.33. The van der Waals surface area contributed by atoms with Crippen LogP contribution in [-0.2, 0) is 19.6 Å². The van der Waals surface area contributed by atoms with Gasteiger partial charge in [-0.2, -0.15) is 0 Å². The van der Waals surface area contributed by atoms with E-state index >= 15 is 0 Å². The number of nitrogens with zero attached hydrogens (tertiary/aromatic N) is 5. The van der Waals surface area contributed by atoms with Gasteiger partial charge in [0.15, 0.2) is 17.4 Å². The molecule has 1 atom stereocenters. The summed E-state index contributed by atoms with van der Waals surface area (Å²) in [5.74, 6) is 1.61. The zero-order valence-corrected chi connectivity index (χ0v) is 17.9. The van der Waals surface area contributed by atoms with E-state index in [2.05, 4.69) is 61.9 Å². The Hall–Kier alpha value is -2.93. The van der Waals surface area contributed by atoms with Gasteiger partial charge >= 0.3 is 0 Å². The van der Waals surface area contributed by atoms with Gasteiger partial charge in [0.1, 0.15) is 0 Å². The van der Waals surface area contributed by atoms with Crippen LogP contribution in [0.1, 0.15) is 43.1 Å². The van der Waals surface area contributed by atoms with Gasteiger partial charge in [-0.25, -0.2) is 0 Å². The molecule has 7 nitrogen and oxygen atoms in total. The summed E-state index contributed by atoms with van der Waals surface area (Å²) in [6, 6.07) is 15.2. The third-order valence-electron chi connectivity index (χ3n) is 5.90. The van der Waals surface area contributed by atoms with Crippen LogP contribution in [0.3, 0.4) is 0 Å². The van der Waals surface area contributed by atoms with Crippen molar-refractivity contribution in [1.29, 1.82) is 0 Å². The number of hydrogen-bond donors (Lipinski definition) is 2. The van der Waals surface area contributed by atoms with E-state index in [4.69, 9.17) is 0 Å². The molecule has 30 heavy (non-hydrogen) atoms. The van der Waals surface area contributed by atoms with Crippen LogP contribution in [0.5, 0.6) is 0 Å². The molecule has 1 saturated heterocycles. The molecule has 0 bridgehead atoms. The Balaban J connectivity index is 1.36. The summed E-state index contributed by atoms with van der Waals surface area (Å²) in [7, 11) is 1.79. The number of piperidine rings is 1. The highest BCUT2D eigenvalue weighted by molar-refractivity contribution is 5.79. The molecular formula is C23H31N7. The van der Waals surface area contributed by atoms with Gasteiger partial charge in [0, 0.05) is 32.4 Å². The van der Waals surface area contributed by atoms with E-state index in [1.807, 2.05) is 28.8 Å². The minimum Gasteiger partial charge on any atom is -0.352 e. The molecule has 0 amide bonds. The van der Waals surface area contributed by atoms with E-state index in [-0.39, 0.29) is 0 Å². The molecular weight excluding hydrogens is 374 g/mol. The fourth-order valence-corrected chi connectivity index (χ4v) is 4.07. The number of pyridine rings is 1. The second-order valence-corrected chi connectivity index (χ2v) is 7.91. The summed E-state index contributed by atoms with van der Waals surface area (Å²) < 4.78 is 1.98. The molecule has 0 saturated carbocycles. The SMILES string of the molecule is CN=C(NCc1ccccc1CN1CCCCC1C)NCc1nnc2ccccn12. The summed E-state index contributed by atoms with van der Waals surface area (Å²) in [5, 5.41) is 15.3. The van der Waals surface area contributed by atoms with E-state index in [0.29, 0.717) is 12.6 Å². The van der Waals surface area contributed by atoms with Crippen molar-refractivity contribution in [2.75, 3.05) is 13.6 Å². The number of aliphatic imine (C=N–C) groups is 1. The van der Waals surface area contributed by atoms with Gasteiger partial charge in [0.25, 0.3) is 0 Å². The van der Waals surface area contributed by atoms with Crippen LogP contribution in [0.2, 0.25) is 0 Å². The molecule has 3 aromatic rings. The highest BCUT2D eigenvalue weighted by atomic mass is 15.3. The minimum atomic E-state index is 0.553. The van der Waals surface area contributed by atoms with Crippen LogP contribution < -0.4 is 10.6 Å². The first kappa shape index (κ1) is 20.3. The molecule has 2 aromatic heterocycles. The zero-order chi connectivity index (χ0) is 20.8. The Kier molecular flexibility index (Phi) is 6.59. The summed E-state index contributed by atoms with van der Waals surface area (Å²) in [4.78, 5) is 6.97. The van der Waals surface area contributed by atoms with Crippen molar-refractivity contribution in [3.8, 4) is 0 Å². The van der Waals surface area contributed by atoms with Crippen LogP contribution in [0, 0.1) is 0 Å². The Bertz CT molecular complexity index is 994. The molecule has 1 aliphatic rings. The molecule has 1 unspecified atom stereocenters. The maximum atomic E-state index is 4.37.